The Kier molecular flexibility index (Phi) is 5.51. The number of carbonyl (C=O) groups is 2. The van der Waals surface area contributed by atoms with Gasteiger partial charge in [0.2, 0.25) is 5.91 Å². The second-order valence-corrected chi connectivity index (χ2v) is 10.3. The molecule has 0 spiro atoms. The van der Waals surface area contributed by atoms with Gasteiger partial charge in [-0.25, -0.2) is 9.18 Å². The number of hydrogen-bond donors (Lipinski definition) is 3. The van der Waals surface area contributed by atoms with Gasteiger partial charge in [0.25, 0.3) is 5.56 Å². The maximum absolute atomic E-state index is 14.7. The minimum Gasteiger partial charge on any atom is -0.444 e. The van der Waals surface area contributed by atoms with E-state index in [0.717, 1.165) is 4.90 Å². The first kappa shape index (κ1) is 23.0. The molecule has 9 nitrogen and oxygen atoms in total. The quantitative estimate of drug-likeness (QED) is 0.437. The molecule has 3 N–H and O–H groups in total. The van der Waals surface area contributed by atoms with E-state index in [-0.39, 0.29) is 36.2 Å². The first-order chi connectivity index (χ1) is 17.3. The van der Waals surface area contributed by atoms with Crippen LogP contribution in [0.5, 0.6) is 0 Å². The summed E-state index contributed by atoms with van der Waals surface area (Å²) >= 11 is 1.45. The second-order valence-electron chi connectivity index (χ2n) is 9.25. The molecule has 11 heteroatoms. The Morgan fingerprint density at radius 1 is 1.19 bits per heavy atom. The molecule has 36 heavy (non-hydrogen) atoms. The van der Waals surface area contributed by atoms with Gasteiger partial charge < -0.3 is 25.0 Å². The highest BCUT2D eigenvalue weighted by atomic mass is 32.2. The maximum Gasteiger partial charge on any atom is 0.414 e. The second kappa shape index (κ2) is 8.61. The van der Waals surface area contributed by atoms with Crippen LogP contribution in [0.4, 0.5) is 20.6 Å². The SMILES string of the molecule is O=C1CSc2ccc(N3C[C@H](CCNC[C@]4(O)Cn5c(=O)ccc6ccc(F)c4c65)OC3=O)cc2N1. The Bertz CT molecular complexity index is 1480. The molecular formula is C25H23FN4O5S. The highest BCUT2D eigenvalue weighted by molar-refractivity contribution is 8.00. The lowest BCUT2D eigenvalue weighted by atomic mass is 9.94. The number of hydrogen-bond acceptors (Lipinski definition) is 7. The van der Waals surface area contributed by atoms with Gasteiger partial charge in [-0.15, -0.1) is 11.8 Å². The number of pyridine rings is 1. The number of rotatable bonds is 6. The number of nitrogens with one attached hydrogen (secondary N) is 2. The molecule has 2 amide bonds. The highest BCUT2D eigenvalue weighted by Gasteiger charge is 2.41. The van der Waals surface area contributed by atoms with E-state index < -0.39 is 17.5 Å². The lowest BCUT2D eigenvalue weighted by Crippen LogP contribution is -2.41. The summed E-state index contributed by atoms with van der Waals surface area (Å²) in [6, 6.07) is 11.4. The molecule has 2 aromatic carbocycles. The van der Waals surface area contributed by atoms with Gasteiger partial charge in [0, 0.05) is 28.8 Å². The molecule has 3 aliphatic heterocycles. The summed E-state index contributed by atoms with van der Waals surface area (Å²) in [6.45, 7) is 0.760. The summed E-state index contributed by atoms with van der Waals surface area (Å²) in [5.74, 6) is -0.262. The third kappa shape index (κ3) is 3.83. The first-order valence-corrected chi connectivity index (χ1v) is 12.6. The predicted octanol–water partition coefficient (Wildman–Crippen LogP) is 2.39. The number of aromatic nitrogens is 1. The summed E-state index contributed by atoms with van der Waals surface area (Å²) in [5.41, 5.74) is 0.0146. The largest absolute Gasteiger partial charge is 0.444 e. The molecule has 1 aromatic heterocycles. The summed E-state index contributed by atoms with van der Waals surface area (Å²) in [6.07, 6.45) is -0.356. The molecule has 6 rings (SSSR count). The molecule has 3 aromatic rings. The fraction of sp³-hybridized carbons (Fsp3) is 0.320. The van der Waals surface area contributed by atoms with Crippen molar-refractivity contribution in [3.05, 3.63) is 64.2 Å². The lowest BCUT2D eigenvalue weighted by molar-refractivity contribution is -0.113. The Morgan fingerprint density at radius 3 is 2.89 bits per heavy atom. The number of anilines is 2. The molecule has 0 unspecified atom stereocenters. The number of carbonyl (C=O) groups excluding carboxylic acids is 2. The van der Waals surface area contributed by atoms with Crippen LogP contribution in [0.15, 0.2) is 52.2 Å². The van der Waals surface area contributed by atoms with Crippen LogP contribution in [0.3, 0.4) is 0 Å². The number of amides is 2. The van der Waals surface area contributed by atoms with E-state index in [2.05, 4.69) is 10.6 Å². The van der Waals surface area contributed by atoms with Gasteiger partial charge in [0.05, 0.1) is 30.0 Å². The molecule has 2 atom stereocenters. The topological polar surface area (TPSA) is 113 Å². The molecule has 4 heterocycles. The number of benzene rings is 2. The summed E-state index contributed by atoms with van der Waals surface area (Å²) in [5, 5.41) is 17.9. The Labute approximate surface area is 209 Å². The fourth-order valence-corrected chi connectivity index (χ4v) is 5.92. The van der Waals surface area contributed by atoms with Crippen molar-refractivity contribution >= 4 is 46.0 Å². The fourth-order valence-electron chi connectivity index (χ4n) is 5.13. The van der Waals surface area contributed by atoms with Gasteiger partial charge >= 0.3 is 6.09 Å². The van der Waals surface area contributed by atoms with E-state index in [0.29, 0.717) is 47.5 Å². The zero-order chi connectivity index (χ0) is 25.0. The van der Waals surface area contributed by atoms with Gasteiger partial charge in [-0.05, 0) is 54.8 Å². The first-order valence-electron chi connectivity index (χ1n) is 11.6. The number of thioether (sulfide) groups is 1. The van der Waals surface area contributed by atoms with Crippen LogP contribution in [0, 0.1) is 5.82 Å². The van der Waals surface area contributed by atoms with Crippen LogP contribution in [-0.4, -0.2) is 53.2 Å². The van der Waals surface area contributed by atoms with Gasteiger partial charge in [-0.2, -0.15) is 0 Å². The summed E-state index contributed by atoms with van der Waals surface area (Å²) < 4.78 is 21.6. The Hall–Kier alpha value is -3.41. The number of fused-ring (bicyclic) bond motifs is 1. The van der Waals surface area contributed by atoms with E-state index in [1.807, 2.05) is 12.1 Å². The minimum atomic E-state index is -1.57. The number of halogens is 1. The normalized spacial score (nSPS) is 22.6. The standard InChI is InChI=1S/C25H23FN4O5S/c26-17-4-1-14-2-6-21(32)30-13-25(34,22(17)23(14)30)12-27-8-7-16-10-29(24(33)35-16)15-3-5-19-18(9-15)28-20(31)11-36-19/h1-6,9,16,27,34H,7-8,10-13H2,(H,28,31)/t16-,25-/m0/s1. The highest BCUT2D eigenvalue weighted by Crippen LogP contribution is 2.38. The van der Waals surface area contributed by atoms with Crippen molar-refractivity contribution < 1.29 is 23.8 Å². The summed E-state index contributed by atoms with van der Waals surface area (Å²) in [4.78, 5) is 39.0. The van der Waals surface area contributed by atoms with Gasteiger partial charge in [-0.3, -0.25) is 14.5 Å². The van der Waals surface area contributed by atoms with Crippen molar-refractivity contribution in [2.45, 2.75) is 29.6 Å². The maximum atomic E-state index is 14.7. The molecule has 0 saturated carbocycles. The third-order valence-electron chi connectivity index (χ3n) is 6.83. The Balaban J connectivity index is 1.09. The number of aliphatic hydroxyl groups is 1. The summed E-state index contributed by atoms with van der Waals surface area (Å²) in [7, 11) is 0. The Morgan fingerprint density at radius 2 is 2.03 bits per heavy atom. The van der Waals surface area contributed by atoms with E-state index in [1.54, 1.807) is 18.2 Å². The van der Waals surface area contributed by atoms with Crippen LogP contribution < -0.4 is 21.1 Å². The van der Waals surface area contributed by atoms with Crippen molar-refractivity contribution in [2.24, 2.45) is 0 Å². The van der Waals surface area contributed by atoms with E-state index >= 15 is 0 Å². The minimum absolute atomic E-state index is 0.0359. The van der Waals surface area contributed by atoms with E-state index in [9.17, 15) is 23.9 Å². The number of ether oxygens (including phenoxy) is 1. The predicted molar refractivity (Wildman–Crippen MR) is 133 cm³/mol. The molecule has 0 aliphatic carbocycles. The van der Waals surface area contributed by atoms with Gasteiger partial charge in [0.1, 0.15) is 17.5 Å². The van der Waals surface area contributed by atoms with E-state index in [1.165, 1.54) is 33.4 Å². The van der Waals surface area contributed by atoms with Gasteiger partial charge in [-0.1, -0.05) is 0 Å². The molecular weight excluding hydrogens is 487 g/mol. The monoisotopic (exact) mass is 510 g/mol. The van der Waals surface area contributed by atoms with Crippen molar-refractivity contribution in [3.63, 3.8) is 0 Å². The van der Waals surface area contributed by atoms with Crippen molar-refractivity contribution in [2.75, 3.05) is 35.6 Å². The van der Waals surface area contributed by atoms with Crippen LogP contribution in [-0.2, 0) is 21.7 Å². The van der Waals surface area contributed by atoms with Crippen LogP contribution in [0.25, 0.3) is 10.9 Å². The van der Waals surface area contributed by atoms with Crippen molar-refractivity contribution in [3.8, 4) is 0 Å². The smallest absolute Gasteiger partial charge is 0.414 e. The van der Waals surface area contributed by atoms with Crippen LogP contribution in [0.1, 0.15) is 12.0 Å². The molecule has 1 fully saturated rings. The molecule has 0 bridgehead atoms. The molecule has 1 saturated heterocycles. The van der Waals surface area contributed by atoms with Gasteiger partial charge in [0.15, 0.2) is 0 Å². The molecule has 0 radical (unpaired) electrons. The molecule has 3 aliphatic rings. The zero-order valence-electron chi connectivity index (χ0n) is 19.1. The zero-order valence-corrected chi connectivity index (χ0v) is 19.9. The number of nitrogens with zero attached hydrogens (tertiary/aromatic N) is 2. The van der Waals surface area contributed by atoms with Crippen molar-refractivity contribution in [1.29, 1.82) is 0 Å². The van der Waals surface area contributed by atoms with Crippen LogP contribution >= 0.6 is 11.8 Å². The third-order valence-corrected chi connectivity index (χ3v) is 7.90. The lowest BCUT2D eigenvalue weighted by Gasteiger charge is -2.24. The molecule has 186 valence electrons. The van der Waals surface area contributed by atoms with Crippen LogP contribution in [0.2, 0.25) is 0 Å². The number of cyclic esters (lactones) is 1. The average Bonchev–Trinajstić information content (AvgIpc) is 3.39. The average molecular weight is 511 g/mol. The van der Waals surface area contributed by atoms with E-state index in [4.69, 9.17) is 4.74 Å². The van der Waals surface area contributed by atoms with Crippen molar-refractivity contribution in [1.82, 2.24) is 9.88 Å².